The van der Waals surface area contributed by atoms with Gasteiger partial charge in [-0.2, -0.15) is 0 Å². The Labute approximate surface area is 135 Å². The minimum Gasteiger partial charge on any atom is -0.497 e. The average molecular weight is 324 g/mol. The van der Waals surface area contributed by atoms with Gasteiger partial charge in [-0.1, -0.05) is 17.7 Å². The summed E-state index contributed by atoms with van der Waals surface area (Å²) in [7, 11) is 3.26. The highest BCUT2D eigenvalue weighted by atomic mass is 35.5. The first-order valence-electron chi connectivity index (χ1n) is 6.94. The summed E-state index contributed by atoms with van der Waals surface area (Å²) in [5, 5.41) is 3.47. The second-order valence-electron chi connectivity index (χ2n) is 4.96. The van der Waals surface area contributed by atoms with E-state index in [1.54, 1.807) is 26.4 Å². The Morgan fingerprint density at radius 1 is 1.14 bits per heavy atom. The molecule has 22 heavy (non-hydrogen) atoms. The first-order valence-corrected chi connectivity index (χ1v) is 7.32. The van der Waals surface area contributed by atoms with E-state index in [1.165, 1.54) is 6.07 Å². The highest BCUT2D eigenvalue weighted by Crippen LogP contribution is 2.29. The van der Waals surface area contributed by atoms with Gasteiger partial charge in [0.05, 0.1) is 19.2 Å². The quantitative estimate of drug-likeness (QED) is 0.857. The van der Waals surface area contributed by atoms with E-state index in [9.17, 15) is 4.39 Å². The molecule has 118 valence electrons. The third-order valence-corrected chi connectivity index (χ3v) is 3.81. The molecule has 2 aromatic carbocycles. The van der Waals surface area contributed by atoms with Gasteiger partial charge in [0.15, 0.2) is 0 Å². The minimum absolute atomic E-state index is 0.0174. The maximum Gasteiger partial charge on any atom is 0.142 e. The molecule has 1 N–H and O–H groups in total. The molecule has 0 amide bonds. The van der Waals surface area contributed by atoms with Gasteiger partial charge in [-0.15, -0.1) is 0 Å². The fourth-order valence-electron chi connectivity index (χ4n) is 2.21. The Morgan fingerprint density at radius 3 is 2.55 bits per heavy atom. The lowest BCUT2D eigenvalue weighted by atomic mass is 10.1. The van der Waals surface area contributed by atoms with Crippen molar-refractivity contribution in [1.29, 1.82) is 0 Å². The van der Waals surface area contributed by atoms with Gasteiger partial charge in [-0.05, 0) is 42.8 Å². The first kappa shape index (κ1) is 16.6. The molecule has 3 nitrogen and oxygen atoms in total. The zero-order valence-electron chi connectivity index (χ0n) is 12.8. The van der Waals surface area contributed by atoms with Gasteiger partial charge < -0.3 is 14.8 Å². The SMILES string of the molecule is COc1ccc(OC)c(C(C)NCc2ccc(Cl)c(F)c2)c1. The molecule has 2 rings (SSSR count). The van der Waals surface area contributed by atoms with Crippen molar-refractivity contribution in [3.63, 3.8) is 0 Å². The van der Waals surface area contributed by atoms with Crippen molar-refractivity contribution in [2.45, 2.75) is 19.5 Å². The molecule has 0 spiro atoms. The first-order chi connectivity index (χ1) is 10.5. The van der Waals surface area contributed by atoms with Crippen molar-refractivity contribution >= 4 is 11.6 Å². The largest absolute Gasteiger partial charge is 0.497 e. The van der Waals surface area contributed by atoms with Crippen LogP contribution in [0.2, 0.25) is 5.02 Å². The Morgan fingerprint density at radius 2 is 1.91 bits per heavy atom. The molecule has 0 aliphatic heterocycles. The normalized spacial score (nSPS) is 12.0. The summed E-state index contributed by atoms with van der Waals surface area (Å²) in [6, 6.07) is 10.5. The number of methoxy groups -OCH3 is 2. The molecule has 0 aliphatic rings. The zero-order valence-corrected chi connectivity index (χ0v) is 13.6. The van der Waals surface area contributed by atoms with Crippen molar-refractivity contribution in [3.05, 3.63) is 58.4 Å². The topological polar surface area (TPSA) is 30.5 Å². The summed E-state index contributed by atoms with van der Waals surface area (Å²) in [4.78, 5) is 0. The van der Waals surface area contributed by atoms with Gasteiger partial charge >= 0.3 is 0 Å². The lowest BCUT2D eigenvalue weighted by molar-refractivity contribution is 0.391. The molecule has 1 unspecified atom stereocenters. The number of halogens is 2. The van der Waals surface area contributed by atoms with Crippen molar-refractivity contribution in [2.24, 2.45) is 0 Å². The van der Waals surface area contributed by atoms with E-state index in [0.717, 1.165) is 22.6 Å². The Bertz CT molecular complexity index is 649. The smallest absolute Gasteiger partial charge is 0.142 e. The van der Waals surface area contributed by atoms with E-state index < -0.39 is 5.82 Å². The summed E-state index contributed by atoms with van der Waals surface area (Å²) in [6.07, 6.45) is 0. The van der Waals surface area contributed by atoms with Gasteiger partial charge in [0.1, 0.15) is 17.3 Å². The van der Waals surface area contributed by atoms with E-state index in [-0.39, 0.29) is 11.1 Å². The predicted molar refractivity (Wildman–Crippen MR) is 86.2 cm³/mol. The minimum atomic E-state index is -0.410. The van der Waals surface area contributed by atoms with Gasteiger partial charge in [0, 0.05) is 18.2 Å². The average Bonchev–Trinajstić information content (AvgIpc) is 2.55. The third-order valence-electron chi connectivity index (χ3n) is 3.50. The maximum absolute atomic E-state index is 13.4. The molecule has 0 bridgehead atoms. The van der Waals surface area contributed by atoms with Crippen LogP contribution in [0.4, 0.5) is 4.39 Å². The maximum atomic E-state index is 13.4. The number of nitrogens with one attached hydrogen (secondary N) is 1. The molecule has 0 aliphatic carbocycles. The Kier molecular flexibility index (Phi) is 5.63. The molecule has 1 atom stereocenters. The van der Waals surface area contributed by atoms with Crippen LogP contribution < -0.4 is 14.8 Å². The Hall–Kier alpha value is -1.78. The second-order valence-corrected chi connectivity index (χ2v) is 5.37. The number of benzene rings is 2. The van der Waals surface area contributed by atoms with Crippen molar-refractivity contribution in [1.82, 2.24) is 5.32 Å². The fraction of sp³-hybridized carbons (Fsp3) is 0.294. The monoisotopic (exact) mass is 323 g/mol. The number of hydrogen-bond donors (Lipinski definition) is 1. The van der Waals surface area contributed by atoms with Crippen molar-refractivity contribution in [3.8, 4) is 11.5 Å². The van der Waals surface area contributed by atoms with Crippen LogP contribution >= 0.6 is 11.6 Å². The molecular formula is C17H19ClFNO2. The van der Waals surface area contributed by atoms with Crippen molar-refractivity contribution < 1.29 is 13.9 Å². The van der Waals surface area contributed by atoms with Gasteiger partial charge in [-0.3, -0.25) is 0 Å². The van der Waals surface area contributed by atoms with Crippen LogP contribution in [0.1, 0.15) is 24.1 Å². The van der Waals surface area contributed by atoms with E-state index >= 15 is 0 Å². The van der Waals surface area contributed by atoms with Crippen LogP contribution in [0, 0.1) is 5.82 Å². The van der Waals surface area contributed by atoms with Gasteiger partial charge in [0.2, 0.25) is 0 Å². The Balaban J connectivity index is 2.11. The number of ether oxygens (including phenoxy) is 2. The molecule has 0 fully saturated rings. The second kappa shape index (κ2) is 7.47. The number of hydrogen-bond acceptors (Lipinski definition) is 3. The van der Waals surface area contributed by atoms with Crippen LogP contribution in [0.3, 0.4) is 0 Å². The van der Waals surface area contributed by atoms with Crippen LogP contribution in [-0.2, 0) is 6.54 Å². The van der Waals surface area contributed by atoms with E-state index in [0.29, 0.717) is 6.54 Å². The number of rotatable bonds is 6. The van der Waals surface area contributed by atoms with E-state index in [4.69, 9.17) is 21.1 Å². The summed E-state index contributed by atoms with van der Waals surface area (Å²) in [5.74, 6) is 1.14. The van der Waals surface area contributed by atoms with Crippen LogP contribution in [0.5, 0.6) is 11.5 Å². The molecule has 0 radical (unpaired) electrons. The van der Waals surface area contributed by atoms with Crippen LogP contribution in [0.25, 0.3) is 0 Å². The fourth-order valence-corrected chi connectivity index (χ4v) is 2.33. The molecular weight excluding hydrogens is 305 g/mol. The summed E-state index contributed by atoms with van der Waals surface area (Å²) >= 11 is 5.69. The lowest BCUT2D eigenvalue weighted by Crippen LogP contribution is -2.19. The lowest BCUT2D eigenvalue weighted by Gasteiger charge is -2.18. The summed E-state index contributed by atoms with van der Waals surface area (Å²) in [5.41, 5.74) is 1.81. The van der Waals surface area contributed by atoms with E-state index in [1.807, 2.05) is 25.1 Å². The highest BCUT2D eigenvalue weighted by Gasteiger charge is 2.13. The molecule has 2 aromatic rings. The summed E-state index contributed by atoms with van der Waals surface area (Å²) < 4.78 is 24.1. The molecule has 0 saturated heterocycles. The molecule has 0 aromatic heterocycles. The van der Waals surface area contributed by atoms with E-state index in [2.05, 4.69) is 5.32 Å². The van der Waals surface area contributed by atoms with Crippen LogP contribution in [-0.4, -0.2) is 14.2 Å². The van der Waals surface area contributed by atoms with Gasteiger partial charge in [-0.25, -0.2) is 4.39 Å². The third kappa shape index (κ3) is 3.90. The zero-order chi connectivity index (χ0) is 16.1. The predicted octanol–water partition coefficient (Wildman–Crippen LogP) is 4.35. The van der Waals surface area contributed by atoms with Gasteiger partial charge in [0.25, 0.3) is 0 Å². The molecule has 5 heteroatoms. The van der Waals surface area contributed by atoms with Crippen LogP contribution in [0.15, 0.2) is 36.4 Å². The van der Waals surface area contributed by atoms with Crippen molar-refractivity contribution in [2.75, 3.05) is 14.2 Å². The molecule has 0 heterocycles. The molecule has 0 saturated carbocycles. The standard InChI is InChI=1S/C17H19ClFNO2/c1-11(14-9-13(21-2)5-7-17(14)22-3)20-10-12-4-6-15(18)16(19)8-12/h4-9,11,20H,10H2,1-3H3. The summed E-state index contributed by atoms with van der Waals surface area (Å²) in [6.45, 7) is 2.54. The highest BCUT2D eigenvalue weighted by molar-refractivity contribution is 6.30.